The molecule has 2 bridgehead atoms. The first-order valence-electron chi connectivity index (χ1n) is 10.7. The molecule has 2 aromatic heterocycles. The molecule has 7 nitrogen and oxygen atoms in total. The highest BCUT2D eigenvalue weighted by Gasteiger charge is 2.41. The number of piperidine rings is 2. The number of nitrogens with zero attached hydrogens (tertiary/aromatic N) is 5. The first-order valence-corrected chi connectivity index (χ1v) is 10.7. The lowest BCUT2D eigenvalue weighted by atomic mass is 9.82. The van der Waals surface area contributed by atoms with Gasteiger partial charge in [-0.15, -0.1) is 10.2 Å². The number of halogens is 1. The van der Waals surface area contributed by atoms with E-state index in [2.05, 4.69) is 25.5 Å². The summed E-state index contributed by atoms with van der Waals surface area (Å²) in [4.78, 5) is 10.2. The van der Waals surface area contributed by atoms with Gasteiger partial charge < -0.3 is 15.3 Å². The normalized spacial score (nSPS) is 25.2. The van der Waals surface area contributed by atoms with Gasteiger partial charge in [-0.05, 0) is 43.5 Å². The van der Waals surface area contributed by atoms with Crippen molar-refractivity contribution in [1.29, 1.82) is 0 Å². The van der Waals surface area contributed by atoms with Crippen molar-refractivity contribution in [3.8, 4) is 28.3 Å². The molecule has 0 spiro atoms. The molecule has 2 saturated heterocycles. The molecule has 2 aliphatic rings. The molecule has 5 rings (SSSR count). The Bertz CT molecular complexity index is 1050. The largest absolute Gasteiger partial charge is 0.507 e. The summed E-state index contributed by atoms with van der Waals surface area (Å²) in [5.41, 5.74) is 2.58. The Morgan fingerprint density at radius 1 is 1.10 bits per heavy atom. The molecule has 0 unspecified atom stereocenters. The highest BCUT2D eigenvalue weighted by Crippen LogP contribution is 2.34. The van der Waals surface area contributed by atoms with Crippen LogP contribution >= 0.6 is 0 Å². The molecule has 160 valence electrons. The lowest BCUT2D eigenvalue weighted by Gasteiger charge is -2.46. The summed E-state index contributed by atoms with van der Waals surface area (Å²) in [6, 6.07) is 9.03. The van der Waals surface area contributed by atoms with Gasteiger partial charge in [0.15, 0.2) is 5.82 Å². The Hall–Kier alpha value is -3.13. The van der Waals surface area contributed by atoms with Crippen molar-refractivity contribution >= 4 is 5.82 Å². The van der Waals surface area contributed by atoms with Crippen LogP contribution < -0.4 is 10.2 Å². The summed E-state index contributed by atoms with van der Waals surface area (Å²) in [7, 11) is 1.88. The van der Waals surface area contributed by atoms with E-state index in [1.165, 1.54) is 0 Å². The molecule has 2 aliphatic heterocycles. The van der Waals surface area contributed by atoms with E-state index < -0.39 is 6.17 Å². The fourth-order valence-electron chi connectivity index (χ4n) is 4.73. The zero-order valence-corrected chi connectivity index (χ0v) is 17.3. The first kappa shape index (κ1) is 19.8. The van der Waals surface area contributed by atoms with Crippen LogP contribution in [-0.2, 0) is 0 Å². The molecule has 3 aromatic rings. The van der Waals surface area contributed by atoms with E-state index in [-0.39, 0.29) is 17.8 Å². The van der Waals surface area contributed by atoms with Crippen molar-refractivity contribution in [1.82, 2.24) is 25.5 Å². The molecular weight excluding hydrogens is 395 g/mol. The van der Waals surface area contributed by atoms with Gasteiger partial charge in [-0.25, -0.2) is 4.39 Å². The van der Waals surface area contributed by atoms with Gasteiger partial charge in [0, 0.05) is 42.7 Å². The molecule has 4 atom stereocenters. The molecule has 0 amide bonds. The van der Waals surface area contributed by atoms with Gasteiger partial charge in [-0.2, -0.15) is 0 Å². The van der Waals surface area contributed by atoms with Crippen LogP contribution in [0.1, 0.15) is 25.7 Å². The topological polar surface area (TPSA) is 87.1 Å². The Labute approximate surface area is 180 Å². The van der Waals surface area contributed by atoms with Gasteiger partial charge in [0.05, 0.1) is 23.6 Å². The number of anilines is 1. The molecule has 31 heavy (non-hydrogen) atoms. The van der Waals surface area contributed by atoms with Gasteiger partial charge in [0.1, 0.15) is 11.9 Å². The van der Waals surface area contributed by atoms with E-state index in [9.17, 15) is 5.11 Å². The Kier molecular flexibility index (Phi) is 5.23. The second-order valence-electron chi connectivity index (χ2n) is 8.36. The summed E-state index contributed by atoms with van der Waals surface area (Å²) < 4.78 is 15.0. The van der Waals surface area contributed by atoms with Crippen LogP contribution in [0, 0.1) is 0 Å². The third kappa shape index (κ3) is 3.83. The highest BCUT2D eigenvalue weighted by molar-refractivity contribution is 5.72. The number of nitrogens with one attached hydrogen (secondary N) is 1. The number of aromatic hydroxyl groups is 1. The molecule has 4 heterocycles. The van der Waals surface area contributed by atoms with E-state index in [4.69, 9.17) is 0 Å². The summed E-state index contributed by atoms with van der Waals surface area (Å²) >= 11 is 0. The Morgan fingerprint density at radius 2 is 2.00 bits per heavy atom. The number of fused-ring (bicyclic) bond motifs is 2. The summed E-state index contributed by atoms with van der Waals surface area (Å²) in [6.45, 7) is 0. The van der Waals surface area contributed by atoms with Crippen molar-refractivity contribution in [3.63, 3.8) is 0 Å². The SMILES string of the molecule is CN(c1ccc(-c2ccc(-c3cnccn3)cc2O)nn1)[C@@H]1C[C@H]2CCC[C@H](N2)[C@@H]1F. The van der Waals surface area contributed by atoms with E-state index in [0.717, 1.165) is 31.2 Å². The van der Waals surface area contributed by atoms with Crippen molar-refractivity contribution < 1.29 is 9.50 Å². The molecule has 2 N–H and O–H groups in total. The van der Waals surface area contributed by atoms with Crippen molar-refractivity contribution in [3.05, 3.63) is 48.9 Å². The molecule has 8 heteroatoms. The smallest absolute Gasteiger partial charge is 0.151 e. The molecule has 0 radical (unpaired) electrons. The number of phenols is 1. The number of rotatable bonds is 4. The predicted octanol–water partition coefficient (Wildman–Crippen LogP) is 3.36. The average molecular weight is 420 g/mol. The van der Waals surface area contributed by atoms with Crippen LogP contribution in [0.2, 0.25) is 0 Å². The minimum Gasteiger partial charge on any atom is -0.507 e. The van der Waals surface area contributed by atoms with E-state index in [1.54, 1.807) is 30.7 Å². The van der Waals surface area contributed by atoms with Gasteiger partial charge >= 0.3 is 0 Å². The fourth-order valence-corrected chi connectivity index (χ4v) is 4.73. The third-order valence-corrected chi connectivity index (χ3v) is 6.44. The maximum atomic E-state index is 15.0. The number of aromatic nitrogens is 4. The van der Waals surface area contributed by atoms with Gasteiger partial charge in [0.2, 0.25) is 0 Å². The minimum atomic E-state index is -0.930. The molecule has 1 aromatic carbocycles. The Morgan fingerprint density at radius 3 is 2.74 bits per heavy atom. The number of alkyl halides is 1. The maximum absolute atomic E-state index is 15.0. The van der Waals surface area contributed by atoms with Gasteiger partial charge in [-0.3, -0.25) is 9.97 Å². The van der Waals surface area contributed by atoms with Crippen LogP contribution in [0.15, 0.2) is 48.9 Å². The van der Waals surface area contributed by atoms with Crippen LogP contribution in [0.25, 0.3) is 22.5 Å². The van der Waals surface area contributed by atoms with E-state index in [1.807, 2.05) is 30.1 Å². The predicted molar refractivity (Wildman–Crippen MR) is 116 cm³/mol. The maximum Gasteiger partial charge on any atom is 0.151 e. The number of hydrogen-bond donors (Lipinski definition) is 2. The fraction of sp³-hybridized carbons (Fsp3) is 0.391. The molecule has 0 aliphatic carbocycles. The summed E-state index contributed by atoms with van der Waals surface area (Å²) in [6.07, 6.45) is 7.77. The molecule has 2 fully saturated rings. The van der Waals surface area contributed by atoms with E-state index in [0.29, 0.717) is 28.8 Å². The lowest BCUT2D eigenvalue weighted by molar-refractivity contribution is 0.107. The van der Waals surface area contributed by atoms with E-state index >= 15 is 4.39 Å². The van der Waals surface area contributed by atoms with Crippen molar-refractivity contribution in [2.24, 2.45) is 0 Å². The van der Waals surface area contributed by atoms with Crippen LogP contribution in [-0.4, -0.2) is 56.6 Å². The second-order valence-corrected chi connectivity index (χ2v) is 8.36. The minimum absolute atomic E-state index is 0.0723. The third-order valence-electron chi connectivity index (χ3n) is 6.44. The lowest BCUT2D eigenvalue weighted by Crippen LogP contribution is -2.61. The van der Waals surface area contributed by atoms with Gasteiger partial charge in [0.25, 0.3) is 0 Å². The number of benzene rings is 1. The number of hydrogen-bond acceptors (Lipinski definition) is 7. The van der Waals surface area contributed by atoms with Crippen LogP contribution in [0.5, 0.6) is 5.75 Å². The highest BCUT2D eigenvalue weighted by atomic mass is 19.1. The standard InChI is InChI=1S/C23H25FN6O/c1-30(20-12-15-3-2-4-18(27-15)23(20)24)22-8-7-17(28-29-22)16-6-5-14(11-21(16)31)19-13-25-9-10-26-19/h5-11,13,15,18,20,23,27,31H,2-4,12H2,1H3/t15-,18+,20-,23+/m1/s1. The first-order chi connectivity index (χ1) is 15.1. The van der Waals surface area contributed by atoms with Crippen molar-refractivity contribution in [2.75, 3.05) is 11.9 Å². The van der Waals surface area contributed by atoms with Gasteiger partial charge in [-0.1, -0.05) is 12.5 Å². The van der Waals surface area contributed by atoms with Crippen LogP contribution in [0.3, 0.4) is 0 Å². The Balaban J connectivity index is 1.35. The van der Waals surface area contributed by atoms with Crippen LogP contribution in [0.4, 0.5) is 10.2 Å². The quantitative estimate of drug-likeness (QED) is 0.669. The summed E-state index contributed by atoms with van der Waals surface area (Å²) in [5, 5.41) is 22.6. The monoisotopic (exact) mass is 420 g/mol. The van der Waals surface area contributed by atoms with Crippen molar-refractivity contribution in [2.45, 2.75) is 50.0 Å². The second kappa shape index (κ2) is 8.19. The molecule has 0 saturated carbocycles. The average Bonchev–Trinajstić information content (AvgIpc) is 2.82. The number of phenolic OH excluding ortho intramolecular Hbond substituents is 1. The summed E-state index contributed by atoms with van der Waals surface area (Å²) in [5.74, 6) is 0.723. The zero-order chi connectivity index (χ0) is 21.4. The molecular formula is C23H25FN6O. The zero-order valence-electron chi connectivity index (χ0n) is 17.3.